The van der Waals surface area contributed by atoms with Crippen LogP contribution < -0.4 is 0 Å². The van der Waals surface area contributed by atoms with E-state index in [0.29, 0.717) is 0 Å². The van der Waals surface area contributed by atoms with Crippen LogP contribution in [0.4, 0.5) is 5.69 Å². The van der Waals surface area contributed by atoms with E-state index in [-0.39, 0.29) is 11.1 Å². The van der Waals surface area contributed by atoms with Crippen LogP contribution in [0.25, 0.3) is 0 Å². The molecule has 0 radical (unpaired) electrons. The van der Waals surface area contributed by atoms with Crippen LogP contribution in [0.3, 0.4) is 0 Å². The van der Waals surface area contributed by atoms with E-state index in [1.807, 2.05) is 0 Å². The maximum absolute atomic E-state index is 10.9. The molecule has 0 saturated heterocycles. The number of carboxylic acids is 2. The summed E-state index contributed by atoms with van der Waals surface area (Å²) in [6, 6.07) is 3.29. The molecule has 0 heterocycles. The smallest absolute Gasteiger partial charge is 0.308 e. The van der Waals surface area contributed by atoms with Gasteiger partial charge in [0.15, 0.2) is 0 Å². The summed E-state index contributed by atoms with van der Waals surface area (Å²) in [5.41, 5.74) is -0.641. The van der Waals surface area contributed by atoms with Gasteiger partial charge >= 0.3 is 11.9 Å². The molecular formula is C12H13NO8. The standard InChI is InChI=1S/C12H13NO8/c14-9(5-11(17)18)12(19)7-2-1-6(4-10(15)16)8(3-7)13(20)21/h1-3,9,12,14,19H,4-5H2,(H,15,16)(H,17,18). The molecule has 0 aliphatic carbocycles. The van der Waals surface area contributed by atoms with Gasteiger partial charge in [-0.05, 0) is 5.56 Å². The Balaban J connectivity index is 3.10. The number of aliphatic hydroxyl groups excluding tert-OH is 2. The lowest BCUT2D eigenvalue weighted by Gasteiger charge is -2.16. The second-order valence-electron chi connectivity index (χ2n) is 4.33. The van der Waals surface area contributed by atoms with Gasteiger partial charge in [0, 0.05) is 11.6 Å². The Morgan fingerprint density at radius 2 is 1.81 bits per heavy atom. The minimum Gasteiger partial charge on any atom is -0.481 e. The highest BCUT2D eigenvalue weighted by molar-refractivity contribution is 5.72. The van der Waals surface area contributed by atoms with Crippen molar-refractivity contribution in [1.82, 2.24) is 0 Å². The number of nitrogens with zero attached hydrogens (tertiary/aromatic N) is 1. The minimum atomic E-state index is -1.63. The number of nitro benzene ring substituents is 1. The summed E-state index contributed by atoms with van der Waals surface area (Å²) in [5, 5.41) is 47.3. The van der Waals surface area contributed by atoms with Crippen molar-refractivity contribution in [2.75, 3.05) is 0 Å². The normalized spacial score (nSPS) is 13.4. The van der Waals surface area contributed by atoms with Crippen LogP contribution in [0, 0.1) is 10.1 Å². The van der Waals surface area contributed by atoms with E-state index in [9.17, 15) is 29.9 Å². The van der Waals surface area contributed by atoms with Crippen molar-refractivity contribution in [1.29, 1.82) is 0 Å². The number of aliphatic carboxylic acids is 2. The molecule has 1 aromatic carbocycles. The average Bonchev–Trinajstić information content (AvgIpc) is 2.36. The van der Waals surface area contributed by atoms with Gasteiger partial charge in [-0.15, -0.1) is 0 Å². The van der Waals surface area contributed by atoms with Gasteiger partial charge in [0.05, 0.1) is 23.9 Å². The van der Waals surface area contributed by atoms with Gasteiger partial charge in [0.25, 0.3) is 5.69 Å². The van der Waals surface area contributed by atoms with Crippen molar-refractivity contribution in [3.8, 4) is 0 Å². The van der Waals surface area contributed by atoms with Crippen molar-refractivity contribution in [3.05, 3.63) is 39.4 Å². The average molecular weight is 299 g/mol. The molecule has 2 unspecified atom stereocenters. The van der Waals surface area contributed by atoms with Crippen molar-refractivity contribution < 1.29 is 34.9 Å². The molecule has 0 amide bonds. The molecule has 0 saturated carbocycles. The van der Waals surface area contributed by atoms with Gasteiger partial charge in [0.2, 0.25) is 0 Å². The Hall–Kier alpha value is -2.52. The van der Waals surface area contributed by atoms with Crippen molar-refractivity contribution >= 4 is 17.6 Å². The maximum Gasteiger partial charge on any atom is 0.308 e. The maximum atomic E-state index is 10.9. The SMILES string of the molecule is O=C(O)Cc1ccc(C(O)C(O)CC(=O)O)cc1[N+](=O)[O-]. The van der Waals surface area contributed by atoms with Crippen LogP contribution in [0.15, 0.2) is 18.2 Å². The second kappa shape index (κ2) is 6.77. The number of aliphatic hydroxyl groups is 2. The Morgan fingerprint density at radius 3 is 2.29 bits per heavy atom. The largest absolute Gasteiger partial charge is 0.481 e. The molecule has 9 nitrogen and oxygen atoms in total. The minimum absolute atomic E-state index is 0.0591. The molecule has 2 atom stereocenters. The van der Waals surface area contributed by atoms with Crippen LogP contribution in [0.1, 0.15) is 23.7 Å². The van der Waals surface area contributed by atoms with E-state index < -0.39 is 47.6 Å². The summed E-state index contributed by atoms with van der Waals surface area (Å²) in [6.45, 7) is 0. The molecule has 4 N–H and O–H groups in total. The third-order valence-corrected chi connectivity index (χ3v) is 2.74. The topological polar surface area (TPSA) is 158 Å². The first kappa shape index (κ1) is 16.5. The Bertz CT molecular complexity index is 570. The number of nitro groups is 1. The van der Waals surface area contributed by atoms with Crippen LogP contribution in [-0.2, 0) is 16.0 Å². The second-order valence-corrected chi connectivity index (χ2v) is 4.33. The predicted molar refractivity (Wildman–Crippen MR) is 67.7 cm³/mol. The van der Waals surface area contributed by atoms with E-state index in [0.717, 1.165) is 12.1 Å². The van der Waals surface area contributed by atoms with Crippen molar-refractivity contribution in [3.63, 3.8) is 0 Å². The summed E-state index contributed by atoms with van der Waals surface area (Å²) >= 11 is 0. The van der Waals surface area contributed by atoms with Crippen LogP contribution in [0.2, 0.25) is 0 Å². The number of carbonyl (C=O) groups is 2. The lowest BCUT2D eigenvalue weighted by atomic mass is 9.98. The number of hydrogen-bond donors (Lipinski definition) is 4. The third kappa shape index (κ3) is 4.51. The molecule has 0 aliphatic heterocycles. The number of rotatable bonds is 7. The van der Waals surface area contributed by atoms with Crippen LogP contribution in [-0.4, -0.2) is 43.4 Å². The fourth-order valence-corrected chi connectivity index (χ4v) is 1.76. The fourth-order valence-electron chi connectivity index (χ4n) is 1.76. The molecule has 0 bridgehead atoms. The Kier molecular flexibility index (Phi) is 5.33. The molecule has 1 rings (SSSR count). The lowest BCUT2D eigenvalue weighted by molar-refractivity contribution is -0.385. The van der Waals surface area contributed by atoms with E-state index in [1.165, 1.54) is 6.07 Å². The van der Waals surface area contributed by atoms with E-state index >= 15 is 0 Å². The summed E-state index contributed by atoms with van der Waals surface area (Å²) < 4.78 is 0. The summed E-state index contributed by atoms with van der Waals surface area (Å²) in [6.07, 6.45) is -4.55. The zero-order chi connectivity index (χ0) is 16.2. The molecule has 0 aromatic heterocycles. The quantitative estimate of drug-likeness (QED) is 0.407. The summed E-state index contributed by atoms with van der Waals surface area (Å²) in [7, 11) is 0. The molecule has 114 valence electrons. The number of hydrogen-bond acceptors (Lipinski definition) is 6. The Morgan fingerprint density at radius 1 is 1.19 bits per heavy atom. The Labute approximate surface area is 118 Å². The van der Waals surface area contributed by atoms with Gasteiger partial charge in [-0.25, -0.2) is 0 Å². The first-order valence-corrected chi connectivity index (χ1v) is 5.79. The van der Waals surface area contributed by atoms with Crippen molar-refractivity contribution in [2.45, 2.75) is 25.0 Å². The van der Waals surface area contributed by atoms with E-state index in [1.54, 1.807) is 0 Å². The predicted octanol–water partition coefficient (Wildman–Crippen LogP) is 0.0909. The highest BCUT2D eigenvalue weighted by Gasteiger charge is 2.24. The molecule has 1 aromatic rings. The molecular weight excluding hydrogens is 286 g/mol. The van der Waals surface area contributed by atoms with Gasteiger partial charge in [-0.2, -0.15) is 0 Å². The van der Waals surface area contributed by atoms with Crippen LogP contribution in [0.5, 0.6) is 0 Å². The van der Waals surface area contributed by atoms with Crippen molar-refractivity contribution in [2.24, 2.45) is 0 Å². The van der Waals surface area contributed by atoms with Gasteiger partial charge in [0.1, 0.15) is 6.10 Å². The molecule has 9 heteroatoms. The zero-order valence-electron chi connectivity index (χ0n) is 10.7. The highest BCUT2D eigenvalue weighted by Crippen LogP contribution is 2.27. The lowest BCUT2D eigenvalue weighted by Crippen LogP contribution is -2.22. The van der Waals surface area contributed by atoms with Gasteiger partial charge < -0.3 is 20.4 Å². The first-order valence-electron chi connectivity index (χ1n) is 5.79. The molecule has 0 aliphatic rings. The first-order chi connectivity index (χ1) is 9.72. The molecule has 0 fully saturated rings. The third-order valence-electron chi connectivity index (χ3n) is 2.74. The van der Waals surface area contributed by atoms with Crippen LogP contribution >= 0.6 is 0 Å². The van der Waals surface area contributed by atoms with Gasteiger partial charge in [-0.3, -0.25) is 19.7 Å². The monoisotopic (exact) mass is 299 g/mol. The molecule has 0 spiro atoms. The molecule has 21 heavy (non-hydrogen) atoms. The zero-order valence-corrected chi connectivity index (χ0v) is 10.7. The number of benzene rings is 1. The highest BCUT2D eigenvalue weighted by atomic mass is 16.6. The fraction of sp³-hybridized carbons (Fsp3) is 0.333. The number of carboxylic acid groups (broad SMARTS) is 2. The summed E-state index contributed by atoms with van der Waals surface area (Å²) in [4.78, 5) is 31.2. The van der Waals surface area contributed by atoms with E-state index in [2.05, 4.69) is 0 Å². The van der Waals surface area contributed by atoms with E-state index in [4.69, 9.17) is 10.2 Å². The summed E-state index contributed by atoms with van der Waals surface area (Å²) in [5.74, 6) is -2.59. The van der Waals surface area contributed by atoms with Gasteiger partial charge in [-0.1, -0.05) is 12.1 Å².